The predicted molar refractivity (Wildman–Crippen MR) is 158 cm³/mol. The van der Waals surface area contributed by atoms with Crippen LogP contribution in [0.5, 0.6) is 0 Å². The van der Waals surface area contributed by atoms with Crippen molar-refractivity contribution in [3.63, 3.8) is 0 Å². The van der Waals surface area contributed by atoms with Crippen molar-refractivity contribution in [3.8, 4) is 47.4 Å². The van der Waals surface area contributed by atoms with Gasteiger partial charge in [-0.1, -0.05) is 0 Å². The molecule has 0 aliphatic heterocycles. The number of unbranched alkanes of at least 4 members (excludes halogenated alkanes) is 12. The van der Waals surface area contributed by atoms with E-state index < -0.39 is 43.9 Å². The fraction of sp³-hybridized carbons (Fsp3) is 0.625. The van der Waals surface area contributed by atoms with Crippen molar-refractivity contribution in [2.45, 2.75) is 130 Å². The summed E-state index contributed by atoms with van der Waals surface area (Å²) in [6, 6.07) is 0. The fourth-order valence-electron chi connectivity index (χ4n) is 3.07. The molecule has 0 atom stereocenters. The molecule has 0 aliphatic carbocycles. The maximum absolute atomic E-state index is 12.6. The monoisotopic (exact) mass is 676 g/mol. The second-order valence-corrected chi connectivity index (χ2v) is 14.3. The zero-order valence-corrected chi connectivity index (χ0v) is 27.9. The van der Waals surface area contributed by atoms with Crippen LogP contribution in [0.4, 0.5) is 0 Å². The number of carbonyl (C=O) groups is 4. The first kappa shape index (κ1) is 37.9. The van der Waals surface area contributed by atoms with Crippen LogP contribution in [-0.4, -0.2) is 43.9 Å². The minimum absolute atomic E-state index is 0.431. The SMILES string of the molecule is CCCCCC#CC(=O)[O][Sn]([O]C(=O)C#CCCCCC)([O]C(=O)C#CCCCCC)[O]C(=O)C#CCCCCC. The van der Waals surface area contributed by atoms with Gasteiger partial charge in [0.15, 0.2) is 0 Å². The molecular weight excluding hydrogens is 631 g/mol. The first-order chi connectivity index (χ1) is 19.8. The summed E-state index contributed by atoms with van der Waals surface area (Å²) in [5.41, 5.74) is 0. The number of carbonyl (C=O) groups excluding carboxylic acids is 4. The van der Waals surface area contributed by atoms with E-state index in [1.807, 2.05) is 27.7 Å². The molecule has 0 heterocycles. The fourth-order valence-corrected chi connectivity index (χ4v) is 6.96. The van der Waals surface area contributed by atoms with Crippen molar-refractivity contribution < 1.29 is 31.5 Å². The van der Waals surface area contributed by atoms with Gasteiger partial charge in [0, 0.05) is 0 Å². The molecule has 9 heteroatoms. The molecule has 0 aromatic heterocycles. The van der Waals surface area contributed by atoms with Gasteiger partial charge in [0.25, 0.3) is 0 Å². The molecule has 0 aromatic rings. The molecule has 0 aromatic carbocycles. The second-order valence-electron chi connectivity index (χ2n) is 9.09. The molecule has 0 radical (unpaired) electrons. The molecule has 0 bridgehead atoms. The molecule has 8 nitrogen and oxygen atoms in total. The topological polar surface area (TPSA) is 105 Å². The molecule has 0 amide bonds. The molecule has 0 N–H and O–H groups in total. The number of hydrogen-bond acceptors (Lipinski definition) is 8. The Morgan fingerprint density at radius 1 is 0.415 bits per heavy atom. The molecule has 224 valence electrons. The van der Waals surface area contributed by atoms with Gasteiger partial charge in [-0.05, 0) is 0 Å². The zero-order chi connectivity index (χ0) is 30.6. The Morgan fingerprint density at radius 2 is 0.634 bits per heavy atom. The van der Waals surface area contributed by atoms with Gasteiger partial charge in [-0.3, -0.25) is 0 Å². The molecule has 0 spiro atoms. The van der Waals surface area contributed by atoms with E-state index in [9.17, 15) is 19.2 Å². The van der Waals surface area contributed by atoms with Crippen molar-refractivity contribution >= 4 is 43.9 Å². The van der Waals surface area contributed by atoms with Crippen LogP contribution in [0.3, 0.4) is 0 Å². The van der Waals surface area contributed by atoms with Crippen molar-refractivity contribution in [3.05, 3.63) is 0 Å². The van der Waals surface area contributed by atoms with Gasteiger partial charge < -0.3 is 0 Å². The average Bonchev–Trinajstić information content (AvgIpc) is 2.92. The summed E-state index contributed by atoms with van der Waals surface area (Å²) in [5, 5.41) is 0. The molecule has 0 saturated carbocycles. The first-order valence-electron chi connectivity index (χ1n) is 14.7. The van der Waals surface area contributed by atoms with Gasteiger partial charge in [-0.25, -0.2) is 0 Å². The van der Waals surface area contributed by atoms with E-state index in [1.54, 1.807) is 0 Å². The number of hydrogen-bond donors (Lipinski definition) is 0. The van der Waals surface area contributed by atoms with Crippen LogP contribution in [0.1, 0.15) is 130 Å². The maximum atomic E-state index is 12.6. The van der Waals surface area contributed by atoms with Gasteiger partial charge >= 0.3 is 253 Å². The average molecular weight is 675 g/mol. The van der Waals surface area contributed by atoms with E-state index in [4.69, 9.17) is 12.3 Å². The van der Waals surface area contributed by atoms with E-state index >= 15 is 0 Å². The van der Waals surface area contributed by atoms with E-state index in [2.05, 4.69) is 47.4 Å². The summed E-state index contributed by atoms with van der Waals surface area (Å²) in [4.78, 5) is 50.4. The Morgan fingerprint density at radius 3 is 0.829 bits per heavy atom. The summed E-state index contributed by atoms with van der Waals surface area (Å²) >= 11 is -6.14. The van der Waals surface area contributed by atoms with Gasteiger partial charge in [0.05, 0.1) is 0 Å². The third kappa shape index (κ3) is 22.3. The third-order valence-electron chi connectivity index (χ3n) is 5.25. The van der Waals surface area contributed by atoms with Crippen molar-refractivity contribution in [2.24, 2.45) is 0 Å². The third-order valence-corrected chi connectivity index (χ3v) is 10.2. The standard InChI is InChI=1S/4C8H12O2.Sn/c4*1-2-3-4-5-6-7-8(9)10;/h4*2-5H2,1H3,(H,9,10);/q;;;;+4/p-4. The first-order valence-corrected chi connectivity index (χ1v) is 19.4. The Kier molecular flexibility index (Phi) is 23.9. The molecule has 0 saturated heterocycles. The Bertz CT molecular complexity index is 892. The second kappa shape index (κ2) is 25.9. The van der Waals surface area contributed by atoms with Crippen LogP contribution in [0.15, 0.2) is 0 Å². The van der Waals surface area contributed by atoms with Gasteiger partial charge in [-0.2, -0.15) is 0 Å². The van der Waals surface area contributed by atoms with E-state index in [0.717, 1.165) is 77.0 Å². The normalized spacial score (nSPS) is 9.66. The Balaban J connectivity index is 6.10. The quantitative estimate of drug-likeness (QED) is 0.113. The summed E-state index contributed by atoms with van der Waals surface area (Å²) in [6.45, 7) is 8.14. The van der Waals surface area contributed by atoms with Crippen LogP contribution in [0.25, 0.3) is 0 Å². The van der Waals surface area contributed by atoms with Crippen LogP contribution in [0.2, 0.25) is 0 Å². The Hall–Kier alpha value is -3.08. The molecule has 0 fully saturated rings. The molecule has 0 aliphatic rings. The van der Waals surface area contributed by atoms with E-state index in [1.165, 1.54) is 0 Å². The van der Waals surface area contributed by atoms with Crippen LogP contribution >= 0.6 is 0 Å². The van der Waals surface area contributed by atoms with E-state index in [0.29, 0.717) is 25.7 Å². The molecular formula is C32H44O8Sn. The van der Waals surface area contributed by atoms with Crippen LogP contribution < -0.4 is 0 Å². The predicted octanol–water partition coefficient (Wildman–Crippen LogP) is 5.93. The summed E-state index contributed by atoms with van der Waals surface area (Å²) in [5.74, 6) is 15.1. The van der Waals surface area contributed by atoms with Crippen LogP contribution in [-0.2, 0) is 31.5 Å². The zero-order valence-electron chi connectivity index (χ0n) is 25.1. The Labute approximate surface area is 252 Å². The van der Waals surface area contributed by atoms with Crippen LogP contribution in [0, 0.1) is 47.4 Å². The van der Waals surface area contributed by atoms with E-state index in [-0.39, 0.29) is 0 Å². The summed E-state index contributed by atoms with van der Waals surface area (Å²) in [7, 11) is 0. The van der Waals surface area contributed by atoms with Gasteiger partial charge in [0.2, 0.25) is 0 Å². The van der Waals surface area contributed by atoms with Crippen molar-refractivity contribution in [1.29, 1.82) is 0 Å². The van der Waals surface area contributed by atoms with Crippen molar-refractivity contribution in [2.75, 3.05) is 0 Å². The molecule has 0 rings (SSSR count). The molecule has 41 heavy (non-hydrogen) atoms. The van der Waals surface area contributed by atoms with Gasteiger partial charge in [0.1, 0.15) is 0 Å². The number of rotatable bonds is 16. The van der Waals surface area contributed by atoms with Gasteiger partial charge in [-0.15, -0.1) is 0 Å². The van der Waals surface area contributed by atoms with Crippen molar-refractivity contribution in [1.82, 2.24) is 0 Å². The summed E-state index contributed by atoms with van der Waals surface area (Å²) in [6.07, 6.45) is 12.5. The molecule has 0 unspecified atom stereocenters. The minimum atomic E-state index is -6.14. The summed E-state index contributed by atoms with van der Waals surface area (Å²) < 4.78 is 21.0.